The number of hydrogen-bond donors (Lipinski definition) is 2. The normalized spacial score (nSPS) is 17.6. The van der Waals surface area contributed by atoms with Gasteiger partial charge in [-0.1, -0.05) is 16.8 Å². The lowest BCUT2D eigenvalue weighted by molar-refractivity contribution is -0.000489. The summed E-state index contributed by atoms with van der Waals surface area (Å²) in [6.45, 7) is 9.99. The summed E-state index contributed by atoms with van der Waals surface area (Å²) in [7, 11) is 1.79. The van der Waals surface area contributed by atoms with Gasteiger partial charge in [0.15, 0.2) is 5.82 Å². The van der Waals surface area contributed by atoms with Crippen molar-refractivity contribution in [1.29, 1.82) is 0 Å². The highest BCUT2D eigenvalue weighted by molar-refractivity contribution is 6.33. The Kier molecular flexibility index (Phi) is 7.40. The average molecular weight is 528 g/mol. The van der Waals surface area contributed by atoms with E-state index in [4.69, 9.17) is 35.6 Å². The second kappa shape index (κ2) is 10.6. The van der Waals surface area contributed by atoms with Crippen molar-refractivity contribution in [2.45, 2.75) is 39.7 Å². The SMILES string of the molecule is CNC[C@@H](O)COc1ccc(Cl)c(-c2nc(-c3c(C)noc3C)c(C)c(N3CC4(CCOCC4)C3)n2)c1. The molecule has 0 saturated carbocycles. The van der Waals surface area contributed by atoms with E-state index < -0.39 is 6.10 Å². The molecular formula is C27H34ClN5O4. The summed E-state index contributed by atoms with van der Waals surface area (Å²) in [5.74, 6) is 2.70. The molecule has 5 rings (SSSR count). The Balaban J connectivity index is 1.54. The van der Waals surface area contributed by atoms with E-state index in [2.05, 4.69) is 22.3 Å². The number of benzene rings is 1. The molecule has 10 heteroatoms. The van der Waals surface area contributed by atoms with Gasteiger partial charge < -0.3 is 29.3 Å². The van der Waals surface area contributed by atoms with E-state index in [0.717, 1.165) is 67.5 Å². The number of rotatable bonds is 8. The van der Waals surface area contributed by atoms with Crippen LogP contribution in [-0.2, 0) is 4.74 Å². The van der Waals surface area contributed by atoms with Gasteiger partial charge in [0.2, 0.25) is 0 Å². The van der Waals surface area contributed by atoms with Gasteiger partial charge in [-0.25, -0.2) is 9.97 Å². The van der Waals surface area contributed by atoms with Crippen molar-refractivity contribution in [3.63, 3.8) is 0 Å². The first kappa shape index (κ1) is 25.9. The van der Waals surface area contributed by atoms with Crippen LogP contribution < -0.4 is 15.0 Å². The minimum atomic E-state index is -0.624. The molecule has 1 spiro atoms. The number of likely N-dealkylation sites (N-methyl/N-ethyl adjacent to an activating group) is 1. The summed E-state index contributed by atoms with van der Waals surface area (Å²) in [6, 6.07) is 5.39. The van der Waals surface area contributed by atoms with Crippen molar-refractivity contribution >= 4 is 17.4 Å². The van der Waals surface area contributed by atoms with Crippen LogP contribution in [0.3, 0.4) is 0 Å². The molecule has 198 valence electrons. The number of halogens is 1. The van der Waals surface area contributed by atoms with E-state index in [1.807, 2.05) is 19.9 Å². The number of aryl methyl sites for hydroxylation is 2. The smallest absolute Gasteiger partial charge is 0.163 e. The predicted octanol–water partition coefficient (Wildman–Crippen LogP) is 3.95. The summed E-state index contributed by atoms with van der Waals surface area (Å²) in [5.41, 5.74) is 4.39. The Morgan fingerprint density at radius 2 is 1.95 bits per heavy atom. The number of aliphatic hydroxyl groups is 1. The van der Waals surface area contributed by atoms with E-state index in [9.17, 15) is 5.11 Å². The third-order valence-corrected chi connectivity index (χ3v) is 7.69. The second-order valence-corrected chi connectivity index (χ2v) is 10.6. The third-order valence-electron chi connectivity index (χ3n) is 7.36. The van der Waals surface area contributed by atoms with E-state index in [0.29, 0.717) is 39.9 Å². The molecule has 0 amide bonds. The van der Waals surface area contributed by atoms with Crippen LogP contribution in [0.1, 0.15) is 29.9 Å². The lowest BCUT2D eigenvalue weighted by Gasteiger charge is -2.53. The highest BCUT2D eigenvalue weighted by Gasteiger charge is 2.45. The van der Waals surface area contributed by atoms with Crippen LogP contribution >= 0.6 is 11.6 Å². The number of nitrogens with one attached hydrogen (secondary N) is 1. The van der Waals surface area contributed by atoms with E-state index in [1.165, 1.54) is 0 Å². The Hall–Kier alpha value is -2.72. The number of nitrogens with zero attached hydrogens (tertiary/aromatic N) is 4. The molecule has 0 radical (unpaired) electrons. The van der Waals surface area contributed by atoms with Gasteiger partial charge in [-0.3, -0.25) is 0 Å². The van der Waals surface area contributed by atoms with E-state index in [1.54, 1.807) is 19.2 Å². The molecule has 2 aliphatic rings. The molecule has 37 heavy (non-hydrogen) atoms. The maximum atomic E-state index is 10.0. The van der Waals surface area contributed by atoms with Crippen molar-refractivity contribution in [2.75, 3.05) is 51.4 Å². The molecule has 2 saturated heterocycles. The number of ether oxygens (including phenoxy) is 2. The zero-order chi connectivity index (χ0) is 26.2. The number of anilines is 1. The average Bonchev–Trinajstić information content (AvgIpc) is 3.20. The van der Waals surface area contributed by atoms with Gasteiger partial charge in [-0.2, -0.15) is 0 Å². The molecule has 2 fully saturated rings. The zero-order valence-corrected chi connectivity index (χ0v) is 22.6. The summed E-state index contributed by atoms with van der Waals surface area (Å²) in [5, 5.41) is 17.7. The van der Waals surface area contributed by atoms with Crippen LogP contribution in [0.15, 0.2) is 22.7 Å². The second-order valence-electron chi connectivity index (χ2n) is 10.2. The van der Waals surface area contributed by atoms with Gasteiger partial charge in [-0.05, 0) is 58.9 Å². The molecule has 2 aliphatic heterocycles. The summed E-state index contributed by atoms with van der Waals surface area (Å²) >= 11 is 6.67. The molecule has 0 unspecified atom stereocenters. The summed E-state index contributed by atoms with van der Waals surface area (Å²) in [4.78, 5) is 12.3. The Morgan fingerprint density at radius 3 is 2.62 bits per heavy atom. The standard InChI is InChI=1S/C27H34ClN5O4/c1-16-24(23-17(2)32-37-18(23)3)30-25(31-26(16)33-14-27(15-33)7-9-35-10-8-27)21-11-20(5-6-22(21)28)36-13-19(34)12-29-4/h5-6,11,19,29,34H,7-10,12-15H2,1-4H3/t19-/m1/s1. The fourth-order valence-electron chi connectivity index (χ4n) is 5.28. The van der Waals surface area contributed by atoms with E-state index >= 15 is 0 Å². The van der Waals surface area contributed by atoms with Gasteiger partial charge in [0, 0.05) is 49.4 Å². The van der Waals surface area contributed by atoms with Crippen LogP contribution in [0.25, 0.3) is 22.6 Å². The number of hydrogen-bond acceptors (Lipinski definition) is 9. The molecule has 2 aromatic heterocycles. The van der Waals surface area contributed by atoms with Crippen molar-refractivity contribution in [3.8, 4) is 28.4 Å². The quantitative estimate of drug-likeness (QED) is 0.450. The predicted molar refractivity (Wildman–Crippen MR) is 142 cm³/mol. The van der Waals surface area contributed by atoms with Gasteiger partial charge >= 0.3 is 0 Å². The first-order valence-electron chi connectivity index (χ1n) is 12.7. The Morgan fingerprint density at radius 1 is 1.19 bits per heavy atom. The minimum absolute atomic E-state index is 0.159. The van der Waals surface area contributed by atoms with Crippen LogP contribution in [0.2, 0.25) is 5.02 Å². The maximum Gasteiger partial charge on any atom is 0.163 e. The zero-order valence-electron chi connectivity index (χ0n) is 21.8. The van der Waals surface area contributed by atoms with Gasteiger partial charge in [0.25, 0.3) is 0 Å². The fraction of sp³-hybridized carbons (Fsp3) is 0.519. The Labute approximate surface area is 222 Å². The summed E-state index contributed by atoms with van der Waals surface area (Å²) < 4.78 is 16.9. The van der Waals surface area contributed by atoms with E-state index in [-0.39, 0.29) is 6.61 Å². The van der Waals surface area contributed by atoms with Crippen molar-refractivity contribution < 1.29 is 19.1 Å². The molecular weight excluding hydrogens is 494 g/mol. The molecule has 1 aromatic carbocycles. The fourth-order valence-corrected chi connectivity index (χ4v) is 5.49. The molecule has 4 heterocycles. The van der Waals surface area contributed by atoms with Crippen molar-refractivity contribution in [2.24, 2.45) is 5.41 Å². The maximum absolute atomic E-state index is 10.0. The van der Waals surface area contributed by atoms with Crippen LogP contribution in [0.5, 0.6) is 5.75 Å². The Bertz CT molecular complexity index is 1250. The third kappa shape index (κ3) is 5.18. The molecule has 3 aromatic rings. The first-order chi connectivity index (χ1) is 17.8. The van der Waals surface area contributed by atoms with Gasteiger partial charge in [-0.15, -0.1) is 0 Å². The molecule has 0 aliphatic carbocycles. The molecule has 2 N–H and O–H groups in total. The number of aliphatic hydroxyl groups excluding tert-OH is 1. The minimum Gasteiger partial charge on any atom is -0.491 e. The summed E-state index contributed by atoms with van der Waals surface area (Å²) in [6.07, 6.45) is 1.52. The lowest BCUT2D eigenvalue weighted by Crippen LogP contribution is -2.59. The van der Waals surface area contributed by atoms with Gasteiger partial charge in [0.1, 0.15) is 30.0 Å². The highest BCUT2D eigenvalue weighted by atomic mass is 35.5. The lowest BCUT2D eigenvalue weighted by atomic mass is 9.73. The van der Waals surface area contributed by atoms with Crippen LogP contribution in [-0.4, -0.2) is 72.8 Å². The topological polar surface area (TPSA) is 106 Å². The van der Waals surface area contributed by atoms with Crippen molar-refractivity contribution in [3.05, 3.63) is 40.2 Å². The largest absolute Gasteiger partial charge is 0.491 e. The molecule has 9 nitrogen and oxygen atoms in total. The first-order valence-corrected chi connectivity index (χ1v) is 13.1. The van der Waals surface area contributed by atoms with Gasteiger partial charge in [0.05, 0.1) is 22.0 Å². The number of aromatic nitrogens is 3. The molecule has 0 bridgehead atoms. The van der Waals surface area contributed by atoms with Crippen LogP contribution in [0, 0.1) is 26.2 Å². The monoisotopic (exact) mass is 527 g/mol. The molecule has 1 atom stereocenters. The van der Waals surface area contributed by atoms with Crippen molar-refractivity contribution in [1.82, 2.24) is 20.4 Å². The highest BCUT2D eigenvalue weighted by Crippen LogP contribution is 2.44. The van der Waals surface area contributed by atoms with Crippen LogP contribution in [0.4, 0.5) is 5.82 Å².